The Balaban J connectivity index is 1.86. The first-order valence-corrected chi connectivity index (χ1v) is 9.67. The summed E-state index contributed by atoms with van der Waals surface area (Å²) in [5, 5.41) is 2.70. The van der Waals surface area contributed by atoms with Crippen molar-refractivity contribution in [1.29, 1.82) is 0 Å². The molecule has 0 aliphatic carbocycles. The number of hydrogen-bond donors (Lipinski definition) is 1. The minimum Gasteiger partial charge on any atom is -0.493 e. The molecule has 2 aromatic carbocycles. The Hall–Kier alpha value is -2.74. The van der Waals surface area contributed by atoms with Gasteiger partial charge in [-0.05, 0) is 54.8 Å². The number of carbonyl (C=O) groups excluding carboxylic acids is 2. The average molecular weight is 466 g/mol. The van der Waals surface area contributed by atoms with Gasteiger partial charge in [0.25, 0.3) is 5.91 Å². The van der Waals surface area contributed by atoms with Crippen molar-refractivity contribution in [1.82, 2.24) is 0 Å². The van der Waals surface area contributed by atoms with Crippen molar-refractivity contribution in [3.8, 4) is 17.2 Å². The van der Waals surface area contributed by atoms with Crippen LogP contribution in [-0.4, -0.2) is 39.8 Å². The Morgan fingerprint density at radius 2 is 1.66 bits per heavy atom. The lowest BCUT2D eigenvalue weighted by atomic mass is 10.1. The number of ether oxygens (including phenoxy) is 4. The van der Waals surface area contributed by atoms with Crippen LogP contribution in [0.3, 0.4) is 0 Å². The smallest absolute Gasteiger partial charge is 0.306 e. The molecule has 0 fully saturated rings. The molecular formula is C21H24BrNO6. The van der Waals surface area contributed by atoms with Crippen LogP contribution in [0.4, 0.5) is 5.69 Å². The number of nitrogens with one attached hydrogen (secondary N) is 1. The summed E-state index contributed by atoms with van der Waals surface area (Å²) in [5.74, 6) is 0.647. The van der Waals surface area contributed by atoms with Crippen molar-refractivity contribution in [3.05, 3.63) is 45.9 Å². The molecule has 0 aliphatic heterocycles. The fraction of sp³-hybridized carbons (Fsp3) is 0.333. The quantitative estimate of drug-likeness (QED) is 0.565. The second-order valence-electron chi connectivity index (χ2n) is 6.21. The maximum atomic E-state index is 12.0. The molecule has 0 aliphatic rings. The third-order valence-electron chi connectivity index (χ3n) is 4.15. The highest BCUT2D eigenvalue weighted by molar-refractivity contribution is 9.10. The molecule has 0 saturated heterocycles. The zero-order valence-corrected chi connectivity index (χ0v) is 18.4. The van der Waals surface area contributed by atoms with Gasteiger partial charge in [-0.1, -0.05) is 15.9 Å². The number of carbonyl (C=O) groups is 2. The van der Waals surface area contributed by atoms with Crippen LogP contribution in [0.5, 0.6) is 17.2 Å². The first kappa shape index (κ1) is 22.5. The van der Waals surface area contributed by atoms with Crippen LogP contribution in [0.1, 0.15) is 17.5 Å². The van der Waals surface area contributed by atoms with E-state index in [2.05, 4.69) is 21.2 Å². The molecule has 1 N–H and O–H groups in total. The summed E-state index contributed by atoms with van der Waals surface area (Å²) >= 11 is 3.40. The first-order valence-electron chi connectivity index (χ1n) is 8.88. The van der Waals surface area contributed by atoms with Gasteiger partial charge < -0.3 is 24.3 Å². The highest BCUT2D eigenvalue weighted by atomic mass is 79.9. The lowest BCUT2D eigenvalue weighted by Gasteiger charge is -2.14. The molecule has 0 unspecified atom stereocenters. The van der Waals surface area contributed by atoms with Crippen LogP contribution < -0.4 is 19.5 Å². The lowest BCUT2D eigenvalue weighted by Crippen LogP contribution is -2.21. The van der Waals surface area contributed by atoms with E-state index in [1.54, 1.807) is 18.2 Å². The van der Waals surface area contributed by atoms with Gasteiger partial charge in [-0.2, -0.15) is 0 Å². The summed E-state index contributed by atoms with van der Waals surface area (Å²) < 4.78 is 21.9. The number of esters is 1. The number of rotatable bonds is 9. The van der Waals surface area contributed by atoms with E-state index in [-0.39, 0.29) is 13.0 Å². The molecule has 0 spiro atoms. The largest absolute Gasteiger partial charge is 0.493 e. The fourth-order valence-electron chi connectivity index (χ4n) is 2.66. The third-order valence-corrected chi connectivity index (χ3v) is 5.04. The lowest BCUT2D eigenvalue weighted by molar-refractivity contribution is -0.147. The molecule has 1 amide bonds. The van der Waals surface area contributed by atoms with Gasteiger partial charge in [0.2, 0.25) is 5.75 Å². The van der Waals surface area contributed by atoms with Crippen LogP contribution in [0.2, 0.25) is 0 Å². The number of methoxy groups -OCH3 is 3. The fourth-order valence-corrected chi connectivity index (χ4v) is 2.91. The van der Waals surface area contributed by atoms with E-state index in [1.807, 2.05) is 19.1 Å². The number of anilines is 1. The molecule has 0 atom stereocenters. The molecule has 7 nitrogen and oxygen atoms in total. The van der Waals surface area contributed by atoms with Gasteiger partial charge in [-0.3, -0.25) is 9.59 Å². The summed E-state index contributed by atoms with van der Waals surface area (Å²) in [5.41, 5.74) is 2.46. The predicted octanol–water partition coefficient (Wildman–Crippen LogP) is 3.90. The normalized spacial score (nSPS) is 10.2. The van der Waals surface area contributed by atoms with E-state index in [0.29, 0.717) is 29.4 Å². The minimum atomic E-state index is -0.471. The van der Waals surface area contributed by atoms with Gasteiger partial charge in [-0.15, -0.1) is 0 Å². The first-order chi connectivity index (χ1) is 13.9. The van der Waals surface area contributed by atoms with Crippen molar-refractivity contribution >= 4 is 33.5 Å². The van der Waals surface area contributed by atoms with E-state index in [4.69, 9.17) is 18.9 Å². The van der Waals surface area contributed by atoms with Crippen molar-refractivity contribution in [2.24, 2.45) is 0 Å². The van der Waals surface area contributed by atoms with Gasteiger partial charge in [0.15, 0.2) is 18.1 Å². The van der Waals surface area contributed by atoms with E-state index in [1.165, 1.54) is 21.3 Å². The summed E-state index contributed by atoms with van der Waals surface area (Å²) in [4.78, 5) is 24.0. The molecule has 8 heteroatoms. The highest BCUT2D eigenvalue weighted by Crippen LogP contribution is 2.38. The molecule has 2 rings (SSSR count). The van der Waals surface area contributed by atoms with E-state index < -0.39 is 11.9 Å². The van der Waals surface area contributed by atoms with E-state index >= 15 is 0 Å². The Kier molecular flexibility index (Phi) is 8.33. The summed E-state index contributed by atoms with van der Waals surface area (Å²) in [6.45, 7) is 1.58. The van der Waals surface area contributed by atoms with Crippen molar-refractivity contribution < 1.29 is 28.5 Å². The van der Waals surface area contributed by atoms with Crippen molar-refractivity contribution in [2.75, 3.05) is 33.3 Å². The Morgan fingerprint density at radius 1 is 1.00 bits per heavy atom. The topological polar surface area (TPSA) is 83.1 Å². The second-order valence-corrected chi connectivity index (χ2v) is 7.06. The monoisotopic (exact) mass is 465 g/mol. The standard InChI is InChI=1S/C21H24BrNO6/c1-13-9-15(6-7-16(13)22)23-19(24)12-29-20(25)8-5-14-10-17(26-2)21(28-4)18(11-14)27-3/h6-7,9-11H,5,8,12H2,1-4H3,(H,23,24). The minimum absolute atomic E-state index is 0.114. The SMILES string of the molecule is COc1cc(CCC(=O)OCC(=O)Nc2ccc(Br)c(C)c2)cc(OC)c1OC. The maximum Gasteiger partial charge on any atom is 0.306 e. The number of amides is 1. The summed E-state index contributed by atoms with van der Waals surface area (Å²) in [7, 11) is 4.58. The molecule has 2 aromatic rings. The molecule has 29 heavy (non-hydrogen) atoms. The summed E-state index contributed by atoms with van der Waals surface area (Å²) in [6, 6.07) is 8.98. The predicted molar refractivity (Wildman–Crippen MR) is 113 cm³/mol. The average Bonchev–Trinajstić information content (AvgIpc) is 2.72. The van der Waals surface area contributed by atoms with Gasteiger partial charge in [0, 0.05) is 16.6 Å². The van der Waals surface area contributed by atoms with E-state index in [9.17, 15) is 9.59 Å². The van der Waals surface area contributed by atoms with Gasteiger partial charge in [-0.25, -0.2) is 0 Å². The number of benzene rings is 2. The van der Waals surface area contributed by atoms with Crippen LogP contribution in [0.15, 0.2) is 34.8 Å². The maximum absolute atomic E-state index is 12.0. The molecule has 0 radical (unpaired) electrons. The second kappa shape index (κ2) is 10.7. The zero-order chi connectivity index (χ0) is 21.4. The molecule has 0 aromatic heterocycles. The Labute approximate surface area is 178 Å². The molecule has 0 bridgehead atoms. The van der Waals surface area contributed by atoms with Crippen LogP contribution in [0.25, 0.3) is 0 Å². The van der Waals surface area contributed by atoms with Gasteiger partial charge in [0.1, 0.15) is 0 Å². The van der Waals surface area contributed by atoms with Gasteiger partial charge in [0.05, 0.1) is 21.3 Å². The molecule has 156 valence electrons. The third kappa shape index (κ3) is 6.39. The van der Waals surface area contributed by atoms with Crippen LogP contribution >= 0.6 is 15.9 Å². The summed E-state index contributed by atoms with van der Waals surface area (Å²) in [6.07, 6.45) is 0.520. The van der Waals surface area contributed by atoms with Crippen molar-refractivity contribution in [3.63, 3.8) is 0 Å². The van der Waals surface area contributed by atoms with E-state index in [0.717, 1.165) is 15.6 Å². The number of hydrogen-bond acceptors (Lipinski definition) is 6. The van der Waals surface area contributed by atoms with Crippen molar-refractivity contribution in [2.45, 2.75) is 19.8 Å². The highest BCUT2D eigenvalue weighted by Gasteiger charge is 2.15. The van der Waals surface area contributed by atoms with Crippen LogP contribution in [0, 0.1) is 6.92 Å². The molecule has 0 saturated carbocycles. The molecule has 0 heterocycles. The molecular weight excluding hydrogens is 442 g/mol. The number of halogens is 1. The zero-order valence-electron chi connectivity index (χ0n) is 16.8. The number of aryl methyl sites for hydroxylation is 2. The van der Waals surface area contributed by atoms with Gasteiger partial charge >= 0.3 is 5.97 Å². The Bertz CT molecular complexity index is 858. The van der Waals surface area contributed by atoms with Crippen LogP contribution in [-0.2, 0) is 20.7 Å². The Morgan fingerprint density at radius 3 is 2.21 bits per heavy atom.